The highest BCUT2D eigenvalue weighted by Gasteiger charge is 2.09. The predicted molar refractivity (Wildman–Crippen MR) is 67.5 cm³/mol. The van der Waals surface area contributed by atoms with Crippen LogP contribution in [0.4, 0.5) is 4.39 Å². The molecular weight excluding hydrogens is 225 g/mol. The van der Waals surface area contributed by atoms with Crippen molar-refractivity contribution in [3.05, 3.63) is 29.6 Å². The van der Waals surface area contributed by atoms with Crippen LogP contribution in [0.25, 0.3) is 0 Å². The fourth-order valence-electron chi connectivity index (χ4n) is 1.39. The van der Waals surface area contributed by atoms with E-state index >= 15 is 0 Å². The van der Waals surface area contributed by atoms with Gasteiger partial charge < -0.3 is 10.5 Å². The van der Waals surface area contributed by atoms with Crippen LogP contribution in [0.15, 0.2) is 18.2 Å². The Morgan fingerprint density at radius 3 is 2.88 bits per heavy atom. The van der Waals surface area contributed by atoms with Crippen molar-refractivity contribution in [2.45, 2.75) is 19.4 Å². The van der Waals surface area contributed by atoms with Crippen LogP contribution in [0.3, 0.4) is 0 Å². The van der Waals surface area contributed by atoms with Crippen LogP contribution in [-0.2, 0) is 0 Å². The van der Waals surface area contributed by atoms with Crippen molar-refractivity contribution in [2.24, 2.45) is 5.73 Å². The number of thioether (sulfide) groups is 1. The van der Waals surface area contributed by atoms with Gasteiger partial charge in [-0.3, -0.25) is 0 Å². The van der Waals surface area contributed by atoms with E-state index in [1.807, 2.05) is 6.92 Å². The van der Waals surface area contributed by atoms with Crippen LogP contribution >= 0.6 is 11.8 Å². The minimum atomic E-state index is -0.288. The smallest absolute Gasteiger partial charge is 0.126 e. The van der Waals surface area contributed by atoms with E-state index in [2.05, 4.69) is 6.26 Å². The number of hydrogen-bond donors (Lipinski definition) is 1. The monoisotopic (exact) mass is 243 g/mol. The van der Waals surface area contributed by atoms with Crippen molar-refractivity contribution in [3.8, 4) is 5.75 Å². The van der Waals surface area contributed by atoms with Gasteiger partial charge in [-0.1, -0.05) is 6.07 Å². The van der Waals surface area contributed by atoms with Gasteiger partial charge in [-0.05, 0) is 31.4 Å². The first-order chi connectivity index (χ1) is 7.65. The molecule has 0 aromatic heterocycles. The molecule has 0 aliphatic carbocycles. The van der Waals surface area contributed by atoms with Gasteiger partial charge in [0.2, 0.25) is 0 Å². The van der Waals surface area contributed by atoms with Gasteiger partial charge in [0.05, 0.1) is 6.61 Å². The summed E-state index contributed by atoms with van der Waals surface area (Å²) in [4.78, 5) is 0. The fraction of sp³-hybridized carbons (Fsp3) is 0.500. The third kappa shape index (κ3) is 4.02. The van der Waals surface area contributed by atoms with Gasteiger partial charge in [0.15, 0.2) is 0 Å². The maximum Gasteiger partial charge on any atom is 0.126 e. The number of nitrogens with two attached hydrogens (primary N) is 1. The summed E-state index contributed by atoms with van der Waals surface area (Å²) in [5.41, 5.74) is 6.64. The number of benzene rings is 1. The Balaban J connectivity index is 2.65. The summed E-state index contributed by atoms with van der Waals surface area (Å²) in [6.07, 6.45) is 3.01. The third-order valence-electron chi connectivity index (χ3n) is 2.22. The predicted octanol–water partition coefficient (Wildman–Crippen LogP) is 2.98. The quantitative estimate of drug-likeness (QED) is 0.780. The zero-order valence-corrected chi connectivity index (χ0v) is 10.5. The summed E-state index contributed by atoms with van der Waals surface area (Å²) >= 11 is 1.77. The lowest BCUT2D eigenvalue weighted by atomic mass is 10.1. The van der Waals surface area contributed by atoms with Crippen molar-refractivity contribution in [2.75, 3.05) is 18.6 Å². The van der Waals surface area contributed by atoms with Gasteiger partial charge >= 0.3 is 0 Å². The molecule has 0 fully saturated rings. The average Bonchev–Trinajstić information content (AvgIpc) is 2.24. The van der Waals surface area contributed by atoms with E-state index in [0.717, 1.165) is 17.7 Å². The molecule has 16 heavy (non-hydrogen) atoms. The molecule has 1 aromatic carbocycles. The Morgan fingerprint density at radius 2 is 2.25 bits per heavy atom. The fourth-order valence-corrected chi connectivity index (χ4v) is 1.80. The highest BCUT2D eigenvalue weighted by Crippen LogP contribution is 2.24. The Labute approximate surface area is 100 Å². The molecule has 0 amide bonds. The maximum atomic E-state index is 13.1. The van der Waals surface area contributed by atoms with Gasteiger partial charge in [0, 0.05) is 17.7 Å². The van der Waals surface area contributed by atoms with E-state index in [0.29, 0.717) is 12.4 Å². The molecule has 1 aromatic rings. The summed E-state index contributed by atoms with van der Waals surface area (Å²) < 4.78 is 18.6. The molecule has 0 heterocycles. The molecule has 0 saturated carbocycles. The first kappa shape index (κ1) is 13.3. The normalized spacial score (nSPS) is 12.5. The summed E-state index contributed by atoms with van der Waals surface area (Å²) in [6.45, 7) is 2.46. The second kappa shape index (κ2) is 6.76. The van der Waals surface area contributed by atoms with Crippen LogP contribution < -0.4 is 10.5 Å². The van der Waals surface area contributed by atoms with Gasteiger partial charge in [0.1, 0.15) is 11.6 Å². The first-order valence-electron chi connectivity index (χ1n) is 5.32. The maximum absolute atomic E-state index is 13.1. The molecule has 90 valence electrons. The highest BCUT2D eigenvalue weighted by atomic mass is 32.2. The lowest BCUT2D eigenvalue weighted by Crippen LogP contribution is -2.09. The zero-order chi connectivity index (χ0) is 12.0. The largest absolute Gasteiger partial charge is 0.493 e. The minimum Gasteiger partial charge on any atom is -0.493 e. The van der Waals surface area contributed by atoms with E-state index in [1.165, 1.54) is 12.1 Å². The molecule has 0 unspecified atom stereocenters. The lowest BCUT2D eigenvalue weighted by molar-refractivity contribution is 0.312. The summed E-state index contributed by atoms with van der Waals surface area (Å²) in [7, 11) is 0. The number of hydrogen-bond acceptors (Lipinski definition) is 3. The van der Waals surface area contributed by atoms with E-state index < -0.39 is 0 Å². The van der Waals surface area contributed by atoms with E-state index in [9.17, 15) is 4.39 Å². The number of halogens is 1. The Kier molecular flexibility index (Phi) is 5.63. The summed E-state index contributed by atoms with van der Waals surface area (Å²) in [6, 6.07) is 4.35. The molecule has 0 bridgehead atoms. The topological polar surface area (TPSA) is 35.2 Å². The molecule has 0 radical (unpaired) electrons. The zero-order valence-electron chi connectivity index (χ0n) is 9.70. The van der Waals surface area contributed by atoms with Crippen LogP contribution in [0.1, 0.15) is 24.9 Å². The Bertz CT molecular complexity index is 331. The Hall–Kier alpha value is -0.740. The molecule has 0 aliphatic rings. The molecule has 4 heteroatoms. The average molecular weight is 243 g/mol. The molecule has 1 atom stereocenters. The molecule has 0 spiro atoms. The van der Waals surface area contributed by atoms with Crippen LogP contribution in [-0.4, -0.2) is 18.6 Å². The second-order valence-corrected chi connectivity index (χ2v) is 4.65. The van der Waals surface area contributed by atoms with Gasteiger partial charge in [-0.15, -0.1) is 0 Å². The summed E-state index contributed by atoms with van der Waals surface area (Å²) in [5, 5.41) is 0. The van der Waals surface area contributed by atoms with Crippen molar-refractivity contribution >= 4 is 11.8 Å². The van der Waals surface area contributed by atoms with Crippen LogP contribution in [0.2, 0.25) is 0 Å². The molecule has 1 rings (SSSR count). The molecule has 0 aliphatic heterocycles. The minimum absolute atomic E-state index is 0.142. The molecule has 0 saturated heterocycles. The summed E-state index contributed by atoms with van der Waals surface area (Å²) in [5.74, 6) is 1.32. The molecular formula is C12H18FNOS. The van der Waals surface area contributed by atoms with Crippen molar-refractivity contribution in [3.63, 3.8) is 0 Å². The van der Waals surface area contributed by atoms with E-state index in [1.54, 1.807) is 17.8 Å². The van der Waals surface area contributed by atoms with E-state index in [-0.39, 0.29) is 11.9 Å². The first-order valence-corrected chi connectivity index (χ1v) is 6.71. The van der Waals surface area contributed by atoms with Crippen molar-refractivity contribution < 1.29 is 9.13 Å². The van der Waals surface area contributed by atoms with Gasteiger partial charge in [-0.2, -0.15) is 11.8 Å². The number of rotatable bonds is 6. The molecule has 2 nitrogen and oxygen atoms in total. The lowest BCUT2D eigenvalue weighted by Gasteiger charge is -2.13. The van der Waals surface area contributed by atoms with Gasteiger partial charge in [0.25, 0.3) is 0 Å². The third-order valence-corrected chi connectivity index (χ3v) is 2.91. The Morgan fingerprint density at radius 1 is 1.50 bits per heavy atom. The second-order valence-electron chi connectivity index (χ2n) is 3.67. The van der Waals surface area contributed by atoms with Crippen molar-refractivity contribution in [1.82, 2.24) is 0 Å². The standard InChI is InChI=1S/C12H18FNOS/c1-9(14)11-5-4-10(13)8-12(11)15-6-3-7-16-2/h4-5,8-9H,3,6-7,14H2,1-2H3/t9-/m1/s1. The van der Waals surface area contributed by atoms with Crippen LogP contribution in [0, 0.1) is 5.82 Å². The van der Waals surface area contributed by atoms with Crippen molar-refractivity contribution in [1.29, 1.82) is 0 Å². The number of ether oxygens (including phenoxy) is 1. The molecule has 2 N–H and O–H groups in total. The SMILES string of the molecule is CSCCCOc1cc(F)ccc1[C@@H](C)N. The van der Waals surface area contributed by atoms with E-state index in [4.69, 9.17) is 10.5 Å². The van der Waals surface area contributed by atoms with Crippen LogP contribution in [0.5, 0.6) is 5.75 Å². The highest BCUT2D eigenvalue weighted by molar-refractivity contribution is 7.98. The van der Waals surface area contributed by atoms with Gasteiger partial charge in [-0.25, -0.2) is 4.39 Å².